The SMILES string of the molecule is CNC(Cc1ccncc1)c1ccc(Cl)c(C)c1. The molecular formula is C15H17ClN2. The van der Waals surface area contributed by atoms with E-state index < -0.39 is 0 Å². The fourth-order valence-electron chi connectivity index (χ4n) is 2.03. The molecule has 94 valence electrons. The summed E-state index contributed by atoms with van der Waals surface area (Å²) in [5.74, 6) is 0. The van der Waals surface area contributed by atoms with Crippen LogP contribution in [-0.4, -0.2) is 12.0 Å². The molecule has 0 saturated heterocycles. The maximum absolute atomic E-state index is 6.06. The third-order valence-corrected chi connectivity index (χ3v) is 3.55. The molecule has 18 heavy (non-hydrogen) atoms. The van der Waals surface area contributed by atoms with Gasteiger partial charge in [0.05, 0.1) is 0 Å². The molecule has 0 fully saturated rings. The minimum atomic E-state index is 0.295. The lowest BCUT2D eigenvalue weighted by molar-refractivity contribution is 0.591. The van der Waals surface area contributed by atoms with Crippen LogP contribution in [0.25, 0.3) is 0 Å². The van der Waals surface area contributed by atoms with Gasteiger partial charge in [0.2, 0.25) is 0 Å². The van der Waals surface area contributed by atoms with Crippen molar-refractivity contribution in [2.24, 2.45) is 0 Å². The first-order valence-corrected chi connectivity index (χ1v) is 6.40. The number of nitrogens with one attached hydrogen (secondary N) is 1. The smallest absolute Gasteiger partial charge is 0.0435 e. The van der Waals surface area contributed by atoms with E-state index in [4.69, 9.17) is 11.6 Å². The van der Waals surface area contributed by atoms with E-state index in [1.165, 1.54) is 11.1 Å². The van der Waals surface area contributed by atoms with Crippen LogP contribution in [0.15, 0.2) is 42.7 Å². The molecule has 0 aliphatic rings. The summed E-state index contributed by atoms with van der Waals surface area (Å²) in [6.07, 6.45) is 4.60. The van der Waals surface area contributed by atoms with Crippen LogP contribution in [0, 0.1) is 6.92 Å². The van der Waals surface area contributed by atoms with Gasteiger partial charge in [0.25, 0.3) is 0 Å². The van der Waals surface area contributed by atoms with Crippen molar-refractivity contribution >= 4 is 11.6 Å². The van der Waals surface area contributed by atoms with Gasteiger partial charge in [-0.3, -0.25) is 4.98 Å². The van der Waals surface area contributed by atoms with Crippen molar-refractivity contribution in [3.63, 3.8) is 0 Å². The van der Waals surface area contributed by atoms with Crippen molar-refractivity contribution < 1.29 is 0 Å². The van der Waals surface area contributed by atoms with Gasteiger partial charge < -0.3 is 5.32 Å². The molecule has 0 aliphatic heterocycles. The number of halogens is 1. The van der Waals surface area contributed by atoms with Gasteiger partial charge >= 0.3 is 0 Å². The first-order valence-electron chi connectivity index (χ1n) is 6.03. The molecule has 1 unspecified atom stereocenters. The summed E-state index contributed by atoms with van der Waals surface area (Å²) in [4.78, 5) is 4.04. The highest BCUT2D eigenvalue weighted by molar-refractivity contribution is 6.31. The summed E-state index contributed by atoms with van der Waals surface area (Å²) in [7, 11) is 1.98. The van der Waals surface area contributed by atoms with E-state index in [9.17, 15) is 0 Å². The number of rotatable bonds is 4. The van der Waals surface area contributed by atoms with Gasteiger partial charge in [-0.05, 0) is 55.3 Å². The zero-order valence-corrected chi connectivity index (χ0v) is 11.4. The molecule has 3 heteroatoms. The number of likely N-dealkylation sites (N-methyl/N-ethyl adjacent to an activating group) is 1. The Morgan fingerprint density at radius 3 is 2.56 bits per heavy atom. The van der Waals surface area contributed by atoms with E-state index in [2.05, 4.69) is 22.4 Å². The van der Waals surface area contributed by atoms with E-state index in [1.54, 1.807) is 0 Å². The lowest BCUT2D eigenvalue weighted by Gasteiger charge is -2.17. The zero-order chi connectivity index (χ0) is 13.0. The second kappa shape index (κ2) is 5.98. The zero-order valence-electron chi connectivity index (χ0n) is 10.7. The summed E-state index contributed by atoms with van der Waals surface area (Å²) in [6, 6.07) is 10.6. The quantitative estimate of drug-likeness (QED) is 0.910. The number of benzene rings is 1. The molecule has 2 nitrogen and oxygen atoms in total. The summed E-state index contributed by atoms with van der Waals surface area (Å²) in [6.45, 7) is 2.03. The average molecular weight is 261 g/mol. The van der Waals surface area contributed by atoms with Crippen molar-refractivity contribution in [3.8, 4) is 0 Å². The van der Waals surface area contributed by atoms with Crippen molar-refractivity contribution in [1.82, 2.24) is 10.3 Å². The molecule has 1 atom stereocenters. The second-order valence-corrected chi connectivity index (χ2v) is 4.82. The van der Waals surface area contributed by atoms with Crippen molar-refractivity contribution in [3.05, 3.63) is 64.4 Å². The van der Waals surface area contributed by atoms with E-state index in [-0.39, 0.29) is 0 Å². The van der Waals surface area contributed by atoms with Crippen molar-refractivity contribution in [2.75, 3.05) is 7.05 Å². The highest BCUT2D eigenvalue weighted by atomic mass is 35.5. The summed E-state index contributed by atoms with van der Waals surface area (Å²) in [5.41, 5.74) is 3.65. The fourth-order valence-corrected chi connectivity index (χ4v) is 2.14. The monoisotopic (exact) mass is 260 g/mol. The van der Waals surface area contributed by atoms with Crippen LogP contribution in [0.5, 0.6) is 0 Å². The van der Waals surface area contributed by atoms with Crippen LogP contribution in [0.1, 0.15) is 22.7 Å². The van der Waals surface area contributed by atoms with Crippen LogP contribution in [-0.2, 0) is 6.42 Å². The Morgan fingerprint density at radius 2 is 1.94 bits per heavy atom. The predicted molar refractivity (Wildman–Crippen MR) is 75.9 cm³/mol. The lowest BCUT2D eigenvalue weighted by atomic mass is 9.98. The molecule has 1 heterocycles. The van der Waals surface area contributed by atoms with E-state index in [1.807, 2.05) is 44.6 Å². The summed E-state index contributed by atoms with van der Waals surface area (Å²) < 4.78 is 0. The molecular weight excluding hydrogens is 244 g/mol. The predicted octanol–water partition coefficient (Wildman–Crippen LogP) is 3.55. The molecule has 0 saturated carbocycles. The molecule has 0 radical (unpaired) electrons. The first kappa shape index (κ1) is 13.1. The average Bonchev–Trinajstić information content (AvgIpc) is 2.40. The normalized spacial score (nSPS) is 12.4. The molecule has 2 rings (SSSR count). The molecule has 1 aromatic heterocycles. The maximum Gasteiger partial charge on any atom is 0.0435 e. The Hall–Kier alpha value is -1.38. The molecule has 0 bridgehead atoms. The van der Waals surface area contributed by atoms with Crippen molar-refractivity contribution in [2.45, 2.75) is 19.4 Å². The third-order valence-electron chi connectivity index (χ3n) is 3.12. The van der Waals surface area contributed by atoms with E-state index in [0.29, 0.717) is 6.04 Å². The highest BCUT2D eigenvalue weighted by Gasteiger charge is 2.11. The Kier molecular flexibility index (Phi) is 4.34. The number of aromatic nitrogens is 1. The maximum atomic E-state index is 6.06. The summed E-state index contributed by atoms with van der Waals surface area (Å²) in [5, 5.41) is 4.17. The first-order chi connectivity index (χ1) is 8.70. The molecule has 0 amide bonds. The van der Waals surface area contributed by atoms with Gasteiger partial charge in [-0.1, -0.05) is 23.7 Å². The van der Waals surface area contributed by atoms with Crippen LogP contribution < -0.4 is 5.32 Å². The van der Waals surface area contributed by atoms with E-state index >= 15 is 0 Å². The Labute approximate surface area is 113 Å². The molecule has 1 N–H and O–H groups in total. The number of hydrogen-bond donors (Lipinski definition) is 1. The number of hydrogen-bond acceptors (Lipinski definition) is 2. The highest BCUT2D eigenvalue weighted by Crippen LogP contribution is 2.23. The molecule has 1 aromatic carbocycles. The third kappa shape index (κ3) is 3.09. The molecule has 0 aliphatic carbocycles. The number of pyridine rings is 1. The minimum Gasteiger partial charge on any atom is -0.313 e. The Balaban J connectivity index is 2.20. The van der Waals surface area contributed by atoms with Crippen LogP contribution in [0.3, 0.4) is 0 Å². The van der Waals surface area contributed by atoms with Crippen LogP contribution in [0.4, 0.5) is 0 Å². The van der Waals surface area contributed by atoms with Gasteiger partial charge in [0, 0.05) is 23.5 Å². The minimum absolute atomic E-state index is 0.295. The largest absolute Gasteiger partial charge is 0.313 e. The molecule has 0 spiro atoms. The molecule has 2 aromatic rings. The van der Waals surface area contributed by atoms with Gasteiger partial charge in [-0.15, -0.1) is 0 Å². The standard InChI is InChI=1S/C15H17ClN2/c1-11-9-13(3-4-14(11)16)15(17-2)10-12-5-7-18-8-6-12/h3-9,15,17H,10H2,1-2H3. The van der Waals surface area contributed by atoms with Gasteiger partial charge in [-0.25, -0.2) is 0 Å². The van der Waals surface area contributed by atoms with Gasteiger partial charge in [0.15, 0.2) is 0 Å². The van der Waals surface area contributed by atoms with Gasteiger partial charge in [-0.2, -0.15) is 0 Å². The lowest BCUT2D eigenvalue weighted by Crippen LogP contribution is -2.18. The Morgan fingerprint density at radius 1 is 1.22 bits per heavy atom. The Bertz CT molecular complexity index is 511. The van der Waals surface area contributed by atoms with Crippen molar-refractivity contribution in [1.29, 1.82) is 0 Å². The number of aryl methyl sites for hydroxylation is 1. The second-order valence-electron chi connectivity index (χ2n) is 4.41. The number of nitrogens with zero attached hydrogens (tertiary/aromatic N) is 1. The fraction of sp³-hybridized carbons (Fsp3) is 0.267. The topological polar surface area (TPSA) is 24.9 Å². The van der Waals surface area contributed by atoms with Crippen LogP contribution >= 0.6 is 11.6 Å². The van der Waals surface area contributed by atoms with Crippen LogP contribution in [0.2, 0.25) is 5.02 Å². The van der Waals surface area contributed by atoms with Gasteiger partial charge in [0.1, 0.15) is 0 Å². The summed E-state index contributed by atoms with van der Waals surface area (Å²) >= 11 is 6.06. The van der Waals surface area contributed by atoms with E-state index in [0.717, 1.165) is 17.0 Å².